The molecule has 0 bridgehead atoms. The number of ether oxygens (including phenoxy) is 2. The molecule has 0 radical (unpaired) electrons. The molecular weight excluding hydrogens is 390 g/mol. The Hall–Kier alpha value is -2.34. The van der Waals surface area contributed by atoms with E-state index in [4.69, 9.17) is 21.1 Å². The van der Waals surface area contributed by atoms with E-state index in [0.29, 0.717) is 16.8 Å². The molecular formula is C22H28ClN3O3. The summed E-state index contributed by atoms with van der Waals surface area (Å²) in [7, 11) is 0. The maximum atomic E-state index is 12.7. The van der Waals surface area contributed by atoms with Gasteiger partial charge in [-0.15, -0.1) is 0 Å². The molecule has 156 valence electrons. The first-order chi connectivity index (χ1) is 13.7. The minimum absolute atomic E-state index is 0.0719. The largest absolute Gasteiger partial charge is 0.478 e. The molecule has 1 aromatic heterocycles. The van der Waals surface area contributed by atoms with Crippen molar-refractivity contribution in [2.24, 2.45) is 0 Å². The zero-order valence-electron chi connectivity index (χ0n) is 17.4. The van der Waals surface area contributed by atoms with Crippen LogP contribution in [0.25, 0.3) is 0 Å². The van der Waals surface area contributed by atoms with Gasteiger partial charge in [0.25, 0.3) is 5.91 Å². The van der Waals surface area contributed by atoms with Crippen molar-refractivity contribution in [2.45, 2.75) is 71.1 Å². The molecule has 1 amide bonds. The molecule has 1 aliphatic rings. The summed E-state index contributed by atoms with van der Waals surface area (Å²) in [5.74, 6) is 0.481. The van der Waals surface area contributed by atoms with E-state index in [1.54, 1.807) is 38.1 Å². The van der Waals surface area contributed by atoms with E-state index >= 15 is 0 Å². The van der Waals surface area contributed by atoms with Crippen molar-refractivity contribution in [3.8, 4) is 11.8 Å². The van der Waals surface area contributed by atoms with Crippen LogP contribution >= 0.6 is 11.6 Å². The zero-order chi connectivity index (χ0) is 21.0. The van der Waals surface area contributed by atoms with Crippen LogP contribution in [-0.4, -0.2) is 33.6 Å². The summed E-state index contributed by atoms with van der Waals surface area (Å²) in [6.07, 6.45) is 3.46. The summed E-state index contributed by atoms with van der Waals surface area (Å²) in [5, 5.41) is 3.75. The highest BCUT2D eigenvalue weighted by atomic mass is 35.5. The fraction of sp³-hybridized carbons (Fsp3) is 0.500. The van der Waals surface area contributed by atoms with Crippen LogP contribution in [0, 0.1) is 13.8 Å². The van der Waals surface area contributed by atoms with Gasteiger partial charge in [-0.05, 0) is 83.7 Å². The van der Waals surface area contributed by atoms with Gasteiger partial charge in [-0.3, -0.25) is 4.79 Å². The number of carbonyl (C=O) groups excluding carboxylic acids is 1. The minimum Gasteiger partial charge on any atom is -0.478 e. The number of aryl methyl sites for hydroxylation is 2. The van der Waals surface area contributed by atoms with E-state index in [0.717, 1.165) is 37.1 Å². The number of nitrogens with one attached hydrogen (secondary N) is 1. The second kappa shape index (κ2) is 8.99. The highest BCUT2D eigenvalue weighted by Gasteiger charge is 2.33. The predicted molar refractivity (Wildman–Crippen MR) is 112 cm³/mol. The Kier molecular flexibility index (Phi) is 6.63. The van der Waals surface area contributed by atoms with Gasteiger partial charge < -0.3 is 14.8 Å². The first kappa shape index (κ1) is 21.4. The maximum Gasteiger partial charge on any atom is 0.317 e. The Morgan fingerprint density at radius 2 is 1.66 bits per heavy atom. The van der Waals surface area contributed by atoms with E-state index in [1.165, 1.54) is 0 Å². The number of amides is 1. The third-order valence-electron chi connectivity index (χ3n) is 4.98. The quantitative estimate of drug-likeness (QED) is 0.753. The van der Waals surface area contributed by atoms with E-state index in [-0.39, 0.29) is 18.1 Å². The van der Waals surface area contributed by atoms with Gasteiger partial charge in [0.15, 0.2) is 5.60 Å². The molecule has 1 aromatic carbocycles. The fourth-order valence-corrected chi connectivity index (χ4v) is 3.55. The topological polar surface area (TPSA) is 73.3 Å². The molecule has 1 aliphatic carbocycles. The van der Waals surface area contributed by atoms with Crippen molar-refractivity contribution < 1.29 is 14.3 Å². The molecule has 0 saturated heterocycles. The lowest BCUT2D eigenvalue weighted by Crippen LogP contribution is -2.51. The lowest BCUT2D eigenvalue weighted by molar-refractivity contribution is -0.135. The Morgan fingerprint density at radius 1 is 1.07 bits per heavy atom. The third kappa shape index (κ3) is 6.07. The monoisotopic (exact) mass is 417 g/mol. The summed E-state index contributed by atoms with van der Waals surface area (Å²) >= 11 is 5.90. The lowest BCUT2D eigenvalue weighted by atomic mass is 9.92. The highest BCUT2D eigenvalue weighted by molar-refractivity contribution is 6.30. The molecule has 0 unspecified atom stereocenters. The Balaban J connectivity index is 1.49. The summed E-state index contributed by atoms with van der Waals surface area (Å²) in [6.45, 7) is 7.40. The van der Waals surface area contributed by atoms with Crippen LogP contribution in [0.5, 0.6) is 11.8 Å². The molecule has 3 rings (SSSR count). The summed E-state index contributed by atoms with van der Waals surface area (Å²) < 4.78 is 11.8. The highest BCUT2D eigenvalue weighted by Crippen LogP contribution is 2.25. The molecule has 1 heterocycles. The molecule has 0 atom stereocenters. The normalized spacial score (nSPS) is 19.5. The Bertz CT molecular complexity index is 827. The number of aromatic nitrogens is 2. The third-order valence-corrected chi connectivity index (χ3v) is 5.23. The fourth-order valence-electron chi connectivity index (χ4n) is 3.42. The second-order valence-corrected chi connectivity index (χ2v) is 8.50. The van der Waals surface area contributed by atoms with Gasteiger partial charge in [0.2, 0.25) is 0 Å². The van der Waals surface area contributed by atoms with Crippen molar-refractivity contribution >= 4 is 17.5 Å². The number of carbonyl (C=O) groups is 1. The van der Waals surface area contributed by atoms with Crippen LogP contribution in [0.15, 0.2) is 30.3 Å². The predicted octanol–water partition coefficient (Wildman–Crippen LogP) is 4.41. The van der Waals surface area contributed by atoms with E-state index < -0.39 is 5.60 Å². The summed E-state index contributed by atoms with van der Waals surface area (Å²) in [4.78, 5) is 21.4. The Labute approximate surface area is 177 Å². The van der Waals surface area contributed by atoms with E-state index in [9.17, 15) is 4.79 Å². The zero-order valence-corrected chi connectivity index (χ0v) is 18.1. The summed E-state index contributed by atoms with van der Waals surface area (Å²) in [6, 6.07) is 9.47. The van der Waals surface area contributed by atoms with Gasteiger partial charge in [0.1, 0.15) is 11.9 Å². The van der Waals surface area contributed by atoms with Gasteiger partial charge in [-0.25, -0.2) is 9.97 Å². The average Bonchev–Trinajstić information content (AvgIpc) is 2.64. The van der Waals surface area contributed by atoms with E-state index in [1.807, 2.05) is 19.9 Å². The number of nitrogens with zero attached hydrogens (tertiary/aromatic N) is 2. The van der Waals surface area contributed by atoms with Gasteiger partial charge >= 0.3 is 6.01 Å². The van der Waals surface area contributed by atoms with Crippen LogP contribution in [0.3, 0.4) is 0 Å². The van der Waals surface area contributed by atoms with Gasteiger partial charge in [0, 0.05) is 22.5 Å². The van der Waals surface area contributed by atoms with Crippen molar-refractivity contribution in [1.29, 1.82) is 0 Å². The molecule has 0 aliphatic heterocycles. The van der Waals surface area contributed by atoms with Crippen LogP contribution < -0.4 is 14.8 Å². The lowest BCUT2D eigenvalue weighted by Gasteiger charge is -2.32. The smallest absolute Gasteiger partial charge is 0.317 e. The number of hydrogen-bond donors (Lipinski definition) is 1. The van der Waals surface area contributed by atoms with Gasteiger partial charge in [0.05, 0.1) is 0 Å². The van der Waals surface area contributed by atoms with Crippen LogP contribution in [0.2, 0.25) is 5.02 Å². The van der Waals surface area contributed by atoms with E-state index in [2.05, 4.69) is 15.3 Å². The summed E-state index contributed by atoms with van der Waals surface area (Å²) in [5.41, 5.74) is 0.821. The second-order valence-electron chi connectivity index (χ2n) is 8.06. The van der Waals surface area contributed by atoms with Crippen molar-refractivity contribution in [3.63, 3.8) is 0 Å². The van der Waals surface area contributed by atoms with Crippen LogP contribution in [-0.2, 0) is 4.79 Å². The molecule has 29 heavy (non-hydrogen) atoms. The van der Waals surface area contributed by atoms with Crippen molar-refractivity contribution in [3.05, 3.63) is 46.7 Å². The first-order valence-corrected chi connectivity index (χ1v) is 10.3. The molecule has 7 heteroatoms. The van der Waals surface area contributed by atoms with Crippen molar-refractivity contribution in [2.75, 3.05) is 0 Å². The molecule has 1 fully saturated rings. The first-order valence-electron chi connectivity index (χ1n) is 9.96. The molecule has 6 nitrogen and oxygen atoms in total. The van der Waals surface area contributed by atoms with Gasteiger partial charge in [-0.2, -0.15) is 0 Å². The molecule has 1 saturated carbocycles. The Morgan fingerprint density at radius 3 is 2.24 bits per heavy atom. The maximum absolute atomic E-state index is 12.7. The van der Waals surface area contributed by atoms with Crippen molar-refractivity contribution in [1.82, 2.24) is 15.3 Å². The molecule has 0 spiro atoms. The molecule has 2 aromatic rings. The standard InChI is InChI=1S/C22H28ClN3O3/c1-14-13-15(2)25-21(24-14)28-18-11-7-17(8-12-18)26-20(27)22(3,4)29-19-9-5-16(23)6-10-19/h5-6,9-10,13,17-18H,7-8,11-12H2,1-4H3,(H,26,27). The number of benzene rings is 1. The van der Waals surface area contributed by atoms with Crippen LogP contribution in [0.1, 0.15) is 50.9 Å². The SMILES string of the molecule is Cc1cc(C)nc(OC2CCC(NC(=O)C(C)(C)Oc3ccc(Cl)cc3)CC2)n1. The van der Waals surface area contributed by atoms with Crippen LogP contribution in [0.4, 0.5) is 0 Å². The average molecular weight is 418 g/mol. The minimum atomic E-state index is -0.978. The molecule has 1 N–H and O–H groups in total. The number of halogens is 1. The van der Waals surface area contributed by atoms with Gasteiger partial charge in [-0.1, -0.05) is 11.6 Å². The number of hydrogen-bond acceptors (Lipinski definition) is 5. The number of rotatable bonds is 6.